The molecule has 1 unspecified atom stereocenters. The van der Waals surface area contributed by atoms with Gasteiger partial charge in [0, 0.05) is 18.8 Å². The number of hydrogen-bond acceptors (Lipinski definition) is 2. The smallest absolute Gasteiger partial charge is 0.385 e. The molecule has 1 saturated carbocycles. The van der Waals surface area contributed by atoms with Crippen LogP contribution >= 0.6 is 11.6 Å². The van der Waals surface area contributed by atoms with Crippen molar-refractivity contribution in [2.45, 2.75) is 24.6 Å². The maximum absolute atomic E-state index is 13.0. The van der Waals surface area contributed by atoms with Crippen LogP contribution in [0, 0.1) is 11.8 Å². The van der Waals surface area contributed by atoms with E-state index in [0.717, 1.165) is 17.7 Å². The molecule has 2 aliphatic rings. The highest BCUT2D eigenvalue weighted by atomic mass is 35.5. The Bertz CT molecular complexity index is 906. The first kappa shape index (κ1) is 20.0. The van der Waals surface area contributed by atoms with Gasteiger partial charge in [0.25, 0.3) is 0 Å². The molecular formula is C21H20ClF3N2O2. The Kier molecular flexibility index (Phi) is 4.99. The standard InChI is InChI=1S/C21H20ClF3N2O2/c22-18-7-6-16(8-17(18)21(23,24)25)26-19(28)27-11-13-9-20(29,10-14(13)12-27)15-4-2-1-3-5-15/h1-8,13-14,29H,9-12H2,(H,26,28)/t13-,14+,20?. The highest BCUT2D eigenvalue weighted by Gasteiger charge is 2.49. The van der Waals surface area contributed by atoms with Crippen molar-refractivity contribution in [3.63, 3.8) is 0 Å². The predicted octanol–water partition coefficient (Wildman–Crippen LogP) is 5.12. The summed E-state index contributed by atoms with van der Waals surface area (Å²) in [5, 5.41) is 13.1. The molecule has 2 N–H and O–H groups in total. The molecule has 0 radical (unpaired) electrons. The van der Waals surface area contributed by atoms with Gasteiger partial charge >= 0.3 is 12.2 Å². The average molecular weight is 425 g/mol. The lowest BCUT2D eigenvalue weighted by molar-refractivity contribution is -0.137. The van der Waals surface area contributed by atoms with Gasteiger partial charge in [-0.3, -0.25) is 0 Å². The molecule has 4 nitrogen and oxygen atoms in total. The third-order valence-electron chi connectivity index (χ3n) is 5.90. The summed E-state index contributed by atoms with van der Waals surface area (Å²) in [6.07, 6.45) is -3.47. The summed E-state index contributed by atoms with van der Waals surface area (Å²) < 4.78 is 39.0. The first-order valence-electron chi connectivity index (χ1n) is 9.36. The van der Waals surface area contributed by atoms with Gasteiger partial charge in [-0.15, -0.1) is 0 Å². The number of likely N-dealkylation sites (tertiary alicyclic amines) is 1. The fourth-order valence-corrected chi connectivity index (χ4v) is 4.75. The number of anilines is 1. The van der Waals surface area contributed by atoms with Crippen molar-refractivity contribution in [3.8, 4) is 0 Å². The van der Waals surface area contributed by atoms with Crippen LogP contribution in [0.5, 0.6) is 0 Å². The number of carbonyl (C=O) groups excluding carboxylic acids is 1. The van der Waals surface area contributed by atoms with E-state index in [1.807, 2.05) is 30.3 Å². The maximum Gasteiger partial charge on any atom is 0.417 e. The quantitative estimate of drug-likeness (QED) is 0.703. The fraction of sp³-hybridized carbons (Fsp3) is 0.381. The fourth-order valence-electron chi connectivity index (χ4n) is 4.52. The highest BCUT2D eigenvalue weighted by Crippen LogP contribution is 2.49. The highest BCUT2D eigenvalue weighted by molar-refractivity contribution is 6.31. The summed E-state index contributed by atoms with van der Waals surface area (Å²) >= 11 is 5.62. The number of halogens is 4. The van der Waals surface area contributed by atoms with E-state index >= 15 is 0 Å². The Hall–Kier alpha value is -2.25. The number of fused-ring (bicyclic) bond motifs is 1. The van der Waals surface area contributed by atoms with Crippen molar-refractivity contribution >= 4 is 23.3 Å². The van der Waals surface area contributed by atoms with Crippen LogP contribution < -0.4 is 5.32 Å². The molecule has 1 aliphatic heterocycles. The normalized spacial score (nSPS) is 26.4. The lowest BCUT2D eigenvalue weighted by Gasteiger charge is -2.26. The van der Waals surface area contributed by atoms with E-state index in [9.17, 15) is 23.1 Å². The topological polar surface area (TPSA) is 52.6 Å². The number of nitrogens with zero attached hydrogens (tertiary/aromatic N) is 1. The van der Waals surface area contributed by atoms with Gasteiger partial charge in [-0.05, 0) is 48.4 Å². The van der Waals surface area contributed by atoms with E-state index in [1.165, 1.54) is 6.07 Å². The van der Waals surface area contributed by atoms with Crippen LogP contribution in [0.25, 0.3) is 0 Å². The van der Waals surface area contributed by atoms with Crippen LogP contribution in [-0.2, 0) is 11.8 Å². The number of carbonyl (C=O) groups is 1. The number of benzene rings is 2. The Morgan fingerprint density at radius 2 is 1.72 bits per heavy atom. The second kappa shape index (κ2) is 7.22. The minimum absolute atomic E-state index is 0.0459. The van der Waals surface area contributed by atoms with E-state index in [1.54, 1.807) is 4.90 Å². The Labute approximate surface area is 171 Å². The van der Waals surface area contributed by atoms with Crippen LogP contribution in [0.2, 0.25) is 5.02 Å². The molecule has 2 amide bonds. The Morgan fingerprint density at radius 1 is 1.10 bits per heavy atom. The molecule has 29 heavy (non-hydrogen) atoms. The predicted molar refractivity (Wildman–Crippen MR) is 104 cm³/mol. The van der Waals surface area contributed by atoms with Crippen LogP contribution in [0.3, 0.4) is 0 Å². The molecule has 1 aliphatic carbocycles. The van der Waals surface area contributed by atoms with E-state index in [4.69, 9.17) is 11.6 Å². The number of urea groups is 1. The molecule has 2 fully saturated rings. The SMILES string of the molecule is O=C(Nc1ccc(Cl)c(C(F)(F)F)c1)N1C[C@@H]2CC(O)(c3ccccc3)C[C@@H]2C1. The monoisotopic (exact) mass is 424 g/mol. The molecule has 0 spiro atoms. The van der Waals surface area contributed by atoms with E-state index < -0.39 is 28.4 Å². The molecule has 1 heterocycles. The summed E-state index contributed by atoms with van der Waals surface area (Å²) in [5.41, 5.74) is -0.948. The second-order valence-electron chi connectivity index (χ2n) is 7.85. The molecule has 3 atom stereocenters. The van der Waals surface area contributed by atoms with Crippen molar-refractivity contribution in [2.75, 3.05) is 18.4 Å². The van der Waals surface area contributed by atoms with E-state index in [-0.39, 0.29) is 17.5 Å². The molecule has 154 valence electrons. The first-order valence-corrected chi connectivity index (χ1v) is 9.74. The van der Waals surface area contributed by atoms with Crippen molar-refractivity contribution in [1.29, 1.82) is 0 Å². The van der Waals surface area contributed by atoms with Gasteiger partial charge in [0.1, 0.15) is 0 Å². The maximum atomic E-state index is 13.0. The summed E-state index contributed by atoms with van der Waals surface area (Å²) in [7, 11) is 0. The van der Waals surface area contributed by atoms with E-state index in [0.29, 0.717) is 25.9 Å². The average Bonchev–Trinajstić information content (AvgIpc) is 3.19. The van der Waals surface area contributed by atoms with Crippen LogP contribution in [0.15, 0.2) is 48.5 Å². The summed E-state index contributed by atoms with van der Waals surface area (Å²) in [6.45, 7) is 0.927. The van der Waals surface area contributed by atoms with Crippen LogP contribution in [0.4, 0.5) is 23.7 Å². The van der Waals surface area contributed by atoms with Gasteiger partial charge in [0.2, 0.25) is 0 Å². The van der Waals surface area contributed by atoms with E-state index in [2.05, 4.69) is 5.32 Å². The largest absolute Gasteiger partial charge is 0.417 e. The molecule has 0 aromatic heterocycles. The first-order chi connectivity index (χ1) is 13.7. The number of amides is 2. The van der Waals surface area contributed by atoms with Gasteiger partial charge in [-0.1, -0.05) is 41.9 Å². The number of rotatable bonds is 2. The minimum Gasteiger partial charge on any atom is -0.385 e. The molecule has 8 heteroatoms. The lowest BCUT2D eigenvalue weighted by Crippen LogP contribution is -2.35. The van der Waals surface area contributed by atoms with Crippen molar-refractivity contribution in [1.82, 2.24) is 4.90 Å². The zero-order valence-electron chi connectivity index (χ0n) is 15.4. The van der Waals surface area contributed by atoms with Crippen LogP contribution in [0.1, 0.15) is 24.0 Å². The van der Waals surface area contributed by atoms with Crippen molar-refractivity contribution in [2.24, 2.45) is 11.8 Å². The number of aliphatic hydroxyl groups is 1. The third kappa shape index (κ3) is 3.94. The van der Waals surface area contributed by atoms with Gasteiger partial charge in [-0.25, -0.2) is 4.79 Å². The number of hydrogen-bond donors (Lipinski definition) is 2. The lowest BCUT2D eigenvalue weighted by atomic mass is 9.90. The molecule has 2 aromatic carbocycles. The third-order valence-corrected chi connectivity index (χ3v) is 6.23. The van der Waals surface area contributed by atoms with Crippen LogP contribution in [-0.4, -0.2) is 29.1 Å². The molecule has 1 saturated heterocycles. The molecule has 2 aromatic rings. The van der Waals surface area contributed by atoms with Gasteiger partial charge in [0.05, 0.1) is 16.2 Å². The number of alkyl halides is 3. The zero-order chi connectivity index (χ0) is 20.8. The summed E-state index contributed by atoms with van der Waals surface area (Å²) in [4.78, 5) is 14.2. The second-order valence-corrected chi connectivity index (χ2v) is 8.26. The van der Waals surface area contributed by atoms with Gasteiger partial charge < -0.3 is 15.3 Å². The van der Waals surface area contributed by atoms with Gasteiger partial charge in [-0.2, -0.15) is 13.2 Å². The minimum atomic E-state index is -4.59. The van der Waals surface area contributed by atoms with Crippen molar-refractivity contribution in [3.05, 3.63) is 64.7 Å². The molecular weight excluding hydrogens is 405 g/mol. The Morgan fingerprint density at radius 3 is 2.31 bits per heavy atom. The Balaban J connectivity index is 1.41. The summed E-state index contributed by atoms with van der Waals surface area (Å²) in [5.74, 6) is 0.309. The van der Waals surface area contributed by atoms with Gasteiger partial charge in [0.15, 0.2) is 0 Å². The zero-order valence-corrected chi connectivity index (χ0v) is 16.2. The summed E-state index contributed by atoms with van der Waals surface area (Å²) in [6, 6.07) is 12.4. The molecule has 4 rings (SSSR count). The molecule has 0 bridgehead atoms. The van der Waals surface area contributed by atoms with Crippen molar-refractivity contribution < 1.29 is 23.1 Å². The number of nitrogens with one attached hydrogen (secondary N) is 1.